The molecule has 0 unspecified atom stereocenters. The average molecular weight is 560 g/mol. The summed E-state index contributed by atoms with van der Waals surface area (Å²) in [4.78, 5) is 13.4. The molecular weight excluding hydrogens is 533 g/mol. The van der Waals surface area contributed by atoms with Gasteiger partial charge in [0.2, 0.25) is 0 Å². The molecule has 0 atom stereocenters. The number of hydrogen-bond acceptors (Lipinski definition) is 4. The molecule has 0 aliphatic carbocycles. The number of morpholine rings is 1. The molecule has 0 radical (unpaired) electrons. The maximum Gasteiger partial charge on any atom is 0.193 e. The number of nitrogens with one attached hydrogen (secondary N) is 1. The fourth-order valence-electron chi connectivity index (χ4n) is 3.14. The molecule has 0 saturated carbocycles. The second kappa shape index (κ2) is 11.6. The van der Waals surface area contributed by atoms with Gasteiger partial charge in [-0.05, 0) is 17.7 Å². The fourth-order valence-corrected chi connectivity index (χ4v) is 3.55. The summed E-state index contributed by atoms with van der Waals surface area (Å²) in [6, 6.07) is 12.3. The molecule has 0 bridgehead atoms. The maximum absolute atomic E-state index is 5.46. The Kier molecular flexibility index (Phi) is 9.46. The van der Waals surface area contributed by atoms with Crippen LogP contribution in [0.1, 0.15) is 11.1 Å². The van der Waals surface area contributed by atoms with Crippen LogP contribution in [0.15, 0.2) is 52.1 Å². The SMILES string of the molecule is CN=C(NCc1cccnc1N1CCOCC1)N(C)Cc1ccccc1Br.I. The number of pyridine rings is 1. The number of ether oxygens (including phenoxy) is 1. The van der Waals surface area contributed by atoms with Gasteiger partial charge in [0, 0.05) is 56.5 Å². The molecule has 152 valence electrons. The molecule has 0 spiro atoms. The van der Waals surface area contributed by atoms with Crippen molar-refractivity contribution in [1.29, 1.82) is 0 Å². The third-order valence-corrected chi connectivity index (χ3v) is 5.33. The van der Waals surface area contributed by atoms with Gasteiger partial charge in [-0.15, -0.1) is 24.0 Å². The molecular formula is C20H27BrIN5O. The van der Waals surface area contributed by atoms with E-state index in [4.69, 9.17) is 4.74 Å². The first-order valence-corrected chi connectivity index (χ1v) is 9.90. The van der Waals surface area contributed by atoms with E-state index >= 15 is 0 Å². The molecule has 1 aliphatic heterocycles. The fraction of sp³-hybridized carbons (Fsp3) is 0.400. The number of rotatable bonds is 5. The minimum absolute atomic E-state index is 0. The number of aromatic nitrogens is 1. The van der Waals surface area contributed by atoms with E-state index in [1.165, 1.54) is 5.56 Å². The van der Waals surface area contributed by atoms with Gasteiger partial charge in [-0.2, -0.15) is 0 Å². The number of nitrogens with zero attached hydrogens (tertiary/aromatic N) is 4. The highest BCUT2D eigenvalue weighted by atomic mass is 127. The Morgan fingerprint density at radius 3 is 2.64 bits per heavy atom. The number of guanidine groups is 1. The summed E-state index contributed by atoms with van der Waals surface area (Å²) in [5, 5.41) is 3.47. The molecule has 1 aromatic carbocycles. The second-order valence-corrected chi connectivity index (χ2v) is 7.29. The monoisotopic (exact) mass is 559 g/mol. The van der Waals surface area contributed by atoms with Crippen LogP contribution in [0.2, 0.25) is 0 Å². The van der Waals surface area contributed by atoms with Crippen molar-refractivity contribution in [2.45, 2.75) is 13.1 Å². The lowest BCUT2D eigenvalue weighted by molar-refractivity contribution is 0.122. The molecule has 1 aromatic heterocycles. The van der Waals surface area contributed by atoms with E-state index in [0.29, 0.717) is 6.54 Å². The number of benzene rings is 1. The predicted octanol–water partition coefficient (Wildman–Crippen LogP) is 3.51. The van der Waals surface area contributed by atoms with Crippen molar-refractivity contribution < 1.29 is 4.74 Å². The number of halogens is 2. The van der Waals surface area contributed by atoms with Crippen LogP contribution < -0.4 is 10.2 Å². The van der Waals surface area contributed by atoms with Crippen molar-refractivity contribution in [3.63, 3.8) is 0 Å². The summed E-state index contributed by atoms with van der Waals surface area (Å²) in [5.74, 6) is 1.87. The zero-order valence-corrected chi connectivity index (χ0v) is 20.2. The molecule has 1 N–H and O–H groups in total. The van der Waals surface area contributed by atoms with Crippen LogP contribution in [-0.2, 0) is 17.8 Å². The van der Waals surface area contributed by atoms with Crippen molar-refractivity contribution in [2.75, 3.05) is 45.3 Å². The van der Waals surface area contributed by atoms with Gasteiger partial charge >= 0.3 is 0 Å². The third-order valence-electron chi connectivity index (χ3n) is 4.55. The van der Waals surface area contributed by atoms with Crippen LogP contribution in [-0.4, -0.2) is 56.2 Å². The Morgan fingerprint density at radius 1 is 1.21 bits per heavy atom. The lowest BCUT2D eigenvalue weighted by Crippen LogP contribution is -2.40. The van der Waals surface area contributed by atoms with Gasteiger partial charge in [-0.25, -0.2) is 4.98 Å². The normalized spacial score (nSPS) is 14.4. The van der Waals surface area contributed by atoms with Gasteiger partial charge < -0.3 is 19.9 Å². The van der Waals surface area contributed by atoms with E-state index < -0.39 is 0 Å². The van der Waals surface area contributed by atoms with Crippen molar-refractivity contribution >= 4 is 51.7 Å². The molecule has 6 nitrogen and oxygen atoms in total. The first kappa shape index (κ1) is 22.9. The molecule has 3 rings (SSSR count). The Labute approximate surface area is 192 Å². The minimum Gasteiger partial charge on any atom is -0.378 e. The summed E-state index contributed by atoms with van der Waals surface area (Å²) in [7, 11) is 3.85. The van der Waals surface area contributed by atoms with E-state index in [9.17, 15) is 0 Å². The van der Waals surface area contributed by atoms with Gasteiger partial charge in [0.1, 0.15) is 5.82 Å². The van der Waals surface area contributed by atoms with Crippen LogP contribution in [0.3, 0.4) is 0 Å². The van der Waals surface area contributed by atoms with Crippen LogP contribution in [0, 0.1) is 0 Å². The summed E-state index contributed by atoms with van der Waals surface area (Å²) >= 11 is 3.61. The van der Waals surface area contributed by atoms with Crippen LogP contribution in [0.25, 0.3) is 0 Å². The molecule has 2 heterocycles. The van der Waals surface area contributed by atoms with Crippen molar-refractivity contribution in [2.24, 2.45) is 4.99 Å². The Hall–Kier alpha value is -1.39. The van der Waals surface area contributed by atoms with Crippen LogP contribution >= 0.6 is 39.9 Å². The summed E-state index contributed by atoms with van der Waals surface area (Å²) < 4.78 is 6.57. The largest absolute Gasteiger partial charge is 0.378 e. The standard InChI is InChI=1S/C20H26BrN5O.HI/c1-22-20(25(2)15-17-6-3-4-8-18(17)21)24-14-16-7-5-9-23-19(16)26-10-12-27-13-11-26;/h3-9H,10-15H2,1-2H3,(H,22,24);1H. The summed E-state index contributed by atoms with van der Waals surface area (Å²) in [6.07, 6.45) is 1.85. The number of anilines is 1. The topological polar surface area (TPSA) is 53.0 Å². The van der Waals surface area contributed by atoms with Crippen LogP contribution in [0.4, 0.5) is 5.82 Å². The third kappa shape index (κ3) is 6.05. The van der Waals surface area contributed by atoms with Gasteiger partial charge in [0.15, 0.2) is 5.96 Å². The van der Waals surface area contributed by atoms with E-state index in [1.807, 2.05) is 38.5 Å². The lowest BCUT2D eigenvalue weighted by Gasteiger charge is -2.30. The quantitative estimate of drug-likeness (QED) is 0.345. The first-order chi connectivity index (χ1) is 13.2. The minimum atomic E-state index is 0. The molecule has 1 saturated heterocycles. The van der Waals surface area contributed by atoms with E-state index in [-0.39, 0.29) is 24.0 Å². The van der Waals surface area contributed by atoms with Gasteiger partial charge in [0.05, 0.1) is 13.2 Å². The van der Waals surface area contributed by atoms with E-state index in [0.717, 1.165) is 54.7 Å². The first-order valence-electron chi connectivity index (χ1n) is 9.11. The van der Waals surface area contributed by atoms with Crippen molar-refractivity contribution in [3.8, 4) is 0 Å². The summed E-state index contributed by atoms with van der Waals surface area (Å²) in [5.41, 5.74) is 2.38. The second-order valence-electron chi connectivity index (χ2n) is 6.43. The van der Waals surface area contributed by atoms with Crippen LogP contribution in [0.5, 0.6) is 0 Å². The van der Waals surface area contributed by atoms with Gasteiger partial charge in [0.25, 0.3) is 0 Å². The van der Waals surface area contributed by atoms with Crippen molar-refractivity contribution in [1.82, 2.24) is 15.2 Å². The zero-order valence-electron chi connectivity index (χ0n) is 16.3. The molecule has 0 amide bonds. The molecule has 8 heteroatoms. The average Bonchev–Trinajstić information content (AvgIpc) is 2.71. The Morgan fingerprint density at radius 2 is 1.93 bits per heavy atom. The molecule has 1 fully saturated rings. The maximum atomic E-state index is 5.46. The van der Waals surface area contributed by atoms with Crippen molar-refractivity contribution in [3.05, 3.63) is 58.2 Å². The molecule has 1 aliphatic rings. The molecule has 2 aromatic rings. The number of hydrogen-bond donors (Lipinski definition) is 1. The van der Waals surface area contributed by atoms with Gasteiger partial charge in [-0.3, -0.25) is 4.99 Å². The Balaban J connectivity index is 0.00000280. The smallest absolute Gasteiger partial charge is 0.193 e. The molecule has 28 heavy (non-hydrogen) atoms. The van der Waals surface area contributed by atoms with E-state index in [2.05, 4.69) is 59.2 Å². The van der Waals surface area contributed by atoms with E-state index in [1.54, 1.807) is 0 Å². The predicted molar refractivity (Wildman–Crippen MR) is 128 cm³/mol. The highest BCUT2D eigenvalue weighted by molar-refractivity contribution is 14.0. The number of aliphatic imine (C=N–C) groups is 1. The highest BCUT2D eigenvalue weighted by Gasteiger charge is 2.16. The highest BCUT2D eigenvalue weighted by Crippen LogP contribution is 2.19. The Bertz CT molecular complexity index is 783. The lowest BCUT2D eigenvalue weighted by atomic mass is 10.2. The zero-order chi connectivity index (χ0) is 19.1. The van der Waals surface area contributed by atoms with Gasteiger partial charge in [-0.1, -0.05) is 40.2 Å². The summed E-state index contributed by atoms with van der Waals surface area (Å²) in [6.45, 7) is 4.69.